The monoisotopic (exact) mass is 357 g/mol. The zero-order valence-electron chi connectivity index (χ0n) is 13.9. The molecule has 0 aliphatic carbocycles. The lowest BCUT2D eigenvalue weighted by atomic mass is 10.2. The summed E-state index contributed by atoms with van der Waals surface area (Å²) in [4.78, 5) is 19.3. The maximum atomic E-state index is 12.4. The third-order valence-corrected chi connectivity index (χ3v) is 5.30. The second kappa shape index (κ2) is 6.95. The summed E-state index contributed by atoms with van der Waals surface area (Å²) >= 11 is 1.40. The molecule has 1 amide bonds. The summed E-state index contributed by atoms with van der Waals surface area (Å²) < 4.78 is 7.33. The molecule has 0 spiro atoms. The molecular formula is C18H19N3O3S. The average molecular weight is 357 g/mol. The summed E-state index contributed by atoms with van der Waals surface area (Å²) in [6, 6.07) is 11.8. The number of hydroxylamine groups is 1. The molecule has 130 valence electrons. The van der Waals surface area contributed by atoms with Gasteiger partial charge < -0.3 is 4.74 Å². The van der Waals surface area contributed by atoms with Crippen LogP contribution in [0.4, 0.5) is 0 Å². The van der Waals surface area contributed by atoms with Crippen LogP contribution in [0.3, 0.4) is 0 Å². The summed E-state index contributed by atoms with van der Waals surface area (Å²) in [5, 5.41) is 5.56. The lowest BCUT2D eigenvalue weighted by Crippen LogP contribution is -2.32. The van der Waals surface area contributed by atoms with E-state index in [2.05, 4.69) is 10.6 Å². The fraction of sp³-hybridized carbons (Fsp3) is 0.333. The number of carbonyl (C=O) groups is 1. The minimum atomic E-state index is -0.353. The molecule has 1 aromatic carbocycles. The highest BCUT2D eigenvalue weighted by Crippen LogP contribution is 2.30. The van der Waals surface area contributed by atoms with Crippen molar-refractivity contribution in [1.29, 1.82) is 0 Å². The normalized spacial score (nSPS) is 17.7. The van der Waals surface area contributed by atoms with Crippen molar-refractivity contribution in [3.05, 3.63) is 47.0 Å². The molecule has 3 aromatic rings. The molecule has 1 fully saturated rings. The lowest BCUT2D eigenvalue weighted by Gasteiger charge is -2.21. The molecular weight excluding hydrogens is 338 g/mol. The van der Waals surface area contributed by atoms with Gasteiger partial charge in [0, 0.05) is 18.4 Å². The first-order valence-electron chi connectivity index (χ1n) is 8.34. The number of hydrogen-bond acceptors (Lipinski definition) is 5. The third kappa shape index (κ3) is 3.30. The Balaban J connectivity index is 1.55. The first kappa shape index (κ1) is 16.3. The van der Waals surface area contributed by atoms with Gasteiger partial charge >= 0.3 is 0 Å². The Morgan fingerprint density at radius 2 is 2.20 bits per heavy atom. The quantitative estimate of drug-likeness (QED) is 0.725. The first-order valence-corrected chi connectivity index (χ1v) is 9.16. The van der Waals surface area contributed by atoms with Crippen LogP contribution in [-0.2, 0) is 9.57 Å². The van der Waals surface area contributed by atoms with Crippen molar-refractivity contribution >= 4 is 27.5 Å². The SMILES string of the molecule is Cc1nn(-c2ccccc2)c2sc(C(=O)NOC3CCCCO3)cc12. The molecule has 1 atom stereocenters. The van der Waals surface area contributed by atoms with Gasteiger partial charge in [0.15, 0.2) is 6.29 Å². The number of aromatic nitrogens is 2. The number of benzene rings is 1. The summed E-state index contributed by atoms with van der Waals surface area (Å²) in [7, 11) is 0. The van der Waals surface area contributed by atoms with Gasteiger partial charge in [-0.2, -0.15) is 5.10 Å². The van der Waals surface area contributed by atoms with Crippen molar-refractivity contribution in [1.82, 2.24) is 15.3 Å². The van der Waals surface area contributed by atoms with Gasteiger partial charge in [-0.15, -0.1) is 11.3 Å². The molecule has 4 rings (SSSR count). The van der Waals surface area contributed by atoms with Crippen molar-refractivity contribution in [3.63, 3.8) is 0 Å². The number of nitrogens with one attached hydrogen (secondary N) is 1. The summed E-state index contributed by atoms with van der Waals surface area (Å²) in [6.07, 6.45) is 2.54. The zero-order chi connectivity index (χ0) is 17.2. The standard InChI is InChI=1S/C18H19N3O3S/c1-12-14-11-15(17(22)20-24-16-9-5-6-10-23-16)25-18(14)21(19-12)13-7-3-2-4-8-13/h2-4,7-8,11,16H,5-6,9-10H2,1H3,(H,20,22). The Labute approximate surface area is 149 Å². The lowest BCUT2D eigenvalue weighted by molar-refractivity contribution is -0.186. The van der Waals surface area contributed by atoms with Crippen molar-refractivity contribution in [3.8, 4) is 5.69 Å². The highest BCUT2D eigenvalue weighted by Gasteiger charge is 2.20. The largest absolute Gasteiger partial charge is 0.350 e. The van der Waals surface area contributed by atoms with E-state index in [0.29, 0.717) is 11.5 Å². The number of carbonyl (C=O) groups excluding carboxylic acids is 1. The van der Waals surface area contributed by atoms with E-state index in [1.54, 1.807) is 0 Å². The van der Waals surface area contributed by atoms with E-state index >= 15 is 0 Å². The molecule has 1 unspecified atom stereocenters. The molecule has 0 bridgehead atoms. The minimum Gasteiger partial charge on any atom is -0.350 e. The van der Waals surface area contributed by atoms with E-state index in [1.165, 1.54) is 11.3 Å². The summed E-state index contributed by atoms with van der Waals surface area (Å²) in [5.74, 6) is -0.255. The Bertz CT molecular complexity index is 882. The Morgan fingerprint density at radius 1 is 1.36 bits per heavy atom. The molecule has 2 aromatic heterocycles. The number of para-hydroxylation sites is 1. The minimum absolute atomic E-state index is 0.255. The van der Waals surface area contributed by atoms with E-state index in [4.69, 9.17) is 9.57 Å². The van der Waals surface area contributed by atoms with Gasteiger partial charge in [-0.1, -0.05) is 18.2 Å². The van der Waals surface area contributed by atoms with Crippen LogP contribution >= 0.6 is 11.3 Å². The Morgan fingerprint density at radius 3 is 2.96 bits per heavy atom. The predicted octanol–water partition coefficient (Wildman–Crippen LogP) is 3.58. The smallest absolute Gasteiger partial charge is 0.285 e. The van der Waals surface area contributed by atoms with Gasteiger partial charge in [-0.25, -0.2) is 15.0 Å². The van der Waals surface area contributed by atoms with Crippen LogP contribution in [0.15, 0.2) is 36.4 Å². The topological polar surface area (TPSA) is 65.4 Å². The van der Waals surface area contributed by atoms with E-state index < -0.39 is 0 Å². The van der Waals surface area contributed by atoms with Crippen LogP contribution in [0.5, 0.6) is 0 Å². The number of hydrogen-bond donors (Lipinski definition) is 1. The number of fused-ring (bicyclic) bond motifs is 1. The first-order chi connectivity index (χ1) is 12.2. The molecule has 1 aliphatic heterocycles. The zero-order valence-corrected chi connectivity index (χ0v) is 14.7. The number of rotatable bonds is 4. The maximum absolute atomic E-state index is 12.4. The molecule has 3 heterocycles. The maximum Gasteiger partial charge on any atom is 0.285 e. The van der Waals surface area contributed by atoms with E-state index in [-0.39, 0.29) is 12.2 Å². The van der Waals surface area contributed by atoms with Crippen LogP contribution in [0.2, 0.25) is 0 Å². The number of amides is 1. The third-order valence-electron chi connectivity index (χ3n) is 4.19. The van der Waals surface area contributed by atoms with Crippen molar-refractivity contribution < 1.29 is 14.4 Å². The van der Waals surface area contributed by atoms with Gasteiger partial charge in [0.25, 0.3) is 5.91 Å². The van der Waals surface area contributed by atoms with Crippen LogP contribution in [0.25, 0.3) is 15.9 Å². The molecule has 6 nitrogen and oxygen atoms in total. The fourth-order valence-corrected chi connectivity index (χ4v) is 3.95. The number of nitrogens with zero attached hydrogens (tertiary/aromatic N) is 2. The van der Waals surface area contributed by atoms with Crippen LogP contribution < -0.4 is 5.48 Å². The molecule has 7 heteroatoms. The van der Waals surface area contributed by atoms with Gasteiger partial charge in [0.1, 0.15) is 4.83 Å². The van der Waals surface area contributed by atoms with Crippen molar-refractivity contribution in [2.45, 2.75) is 32.5 Å². The number of thiophene rings is 1. The number of ether oxygens (including phenoxy) is 1. The summed E-state index contributed by atoms with van der Waals surface area (Å²) in [5.41, 5.74) is 4.38. The Hall–Kier alpha value is -2.22. The van der Waals surface area contributed by atoms with E-state index in [9.17, 15) is 4.79 Å². The molecule has 1 aliphatic rings. The second-order valence-electron chi connectivity index (χ2n) is 6.01. The van der Waals surface area contributed by atoms with Gasteiger partial charge in [-0.05, 0) is 38.0 Å². The Kier molecular flexibility index (Phi) is 4.52. The highest BCUT2D eigenvalue weighted by atomic mass is 32.1. The van der Waals surface area contributed by atoms with Crippen LogP contribution in [0, 0.1) is 6.92 Å². The highest BCUT2D eigenvalue weighted by molar-refractivity contribution is 7.20. The average Bonchev–Trinajstić information content (AvgIpc) is 3.22. The van der Waals surface area contributed by atoms with E-state index in [0.717, 1.165) is 40.9 Å². The molecule has 1 N–H and O–H groups in total. The van der Waals surface area contributed by atoms with E-state index in [1.807, 2.05) is 48.0 Å². The summed E-state index contributed by atoms with van der Waals surface area (Å²) in [6.45, 7) is 2.62. The van der Waals surface area contributed by atoms with Crippen molar-refractivity contribution in [2.24, 2.45) is 0 Å². The van der Waals surface area contributed by atoms with Crippen molar-refractivity contribution in [2.75, 3.05) is 6.61 Å². The molecule has 1 saturated heterocycles. The van der Waals surface area contributed by atoms with Crippen LogP contribution in [-0.4, -0.2) is 28.6 Å². The number of aryl methyl sites for hydroxylation is 1. The predicted molar refractivity (Wildman–Crippen MR) is 95.8 cm³/mol. The molecule has 25 heavy (non-hydrogen) atoms. The van der Waals surface area contributed by atoms with Gasteiger partial charge in [0.05, 0.1) is 16.3 Å². The molecule has 0 radical (unpaired) electrons. The second-order valence-corrected chi connectivity index (χ2v) is 7.04. The molecule has 0 saturated carbocycles. The van der Waals surface area contributed by atoms with Gasteiger partial charge in [-0.3, -0.25) is 4.79 Å². The van der Waals surface area contributed by atoms with Crippen LogP contribution in [0.1, 0.15) is 34.6 Å². The van der Waals surface area contributed by atoms with Gasteiger partial charge in [0.2, 0.25) is 0 Å². The fourth-order valence-electron chi connectivity index (χ4n) is 2.88.